The van der Waals surface area contributed by atoms with Crippen LogP contribution in [0.5, 0.6) is 0 Å². The van der Waals surface area contributed by atoms with Gasteiger partial charge in [-0.3, -0.25) is 9.59 Å². The third-order valence-electron chi connectivity index (χ3n) is 4.82. The number of anilines is 1. The molecule has 4 rings (SSSR count). The molecule has 0 aliphatic carbocycles. The fourth-order valence-electron chi connectivity index (χ4n) is 3.39. The highest BCUT2D eigenvalue weighted by atomic mass is 16.2. The molecular formula is C25H21N3O2. The number of nitrogens with zero attached hydrogens (tertiary/aromatic N) is 2. The van der Waals surface area contributed by atoms with E-state index in [-0.39, 0.29) is 5.56 Å². The van der Waals surface area contributed by atoms with Crippen LogP contribution in [0.4, 0.5) is 5.69 Å². The Morgan fingerprint density at radius 1 is 0.833 bits per heavy atom. The minimum absolute atomic E-state index is 0.0840. The van der Waals surface area contributed by atoms with Gasteiger partial charge in [-0.2, -0.15) is 5.10 Å². The number of hydrogen-bond donors (Lipinski definition) is 1. The van der Waals surface area contributed by atoms with Crippen molar-refractivity contribution >= 4 is 11.6 Å². The molecule has 0 fully saturated rings. The van der Waals surface area contributed by atoms with E-state index in [0.29, 0.717) is 23.5 Å². The summed E-state index contributed by atoms with van der Waals surface area (Å²) in [6.07, 6.45) is 0. The van der Waals surface area contributed by atoms with Crippen LogP contribution in [0.2, 0.25) is 0 Å². The molecule has 0 saturated carbocycles. The number of benzene rings is 3. The van der Waals surface area contributed by atoms with Gasteiger partial charge in [0.05, 0.1) is 5.69 Å². The Hall–Kier alpha value is -3.99. The standard InChI is InChI=1S/C25H21N3O2/c1-2-28-25(30)22(24(29)26-20-16-10-5-11-17-20)21(18-12-6-3-7-13-18)23(27-28)19-14-8-4-9-15-19/h3-17H,2H2,1H3,(H,26,29). The lowest BCUT2D eigenvalue weighted by molar-refractivity contribution is 0.102. The van der Waals surface area contributed by atoms with Crippen LogP contribution in [0, 0.1) is 0 Å². The van der Waals surface area contributed by atoms with Crippen LogP contribution < -0.4 is 10.9 Å². The van der Waals surface area contributed by atoms with Crippen LogP contribution in [0.3, 0.4) is 0 Å². The molecule has 1 N–H and O–H groups in total. The zero-order valence-corrected chi connectivity index (χ0v) is 16.6. The van der Waals surface area contributed by atoms with Gasteiger partial charge in [0.2, 0.25) is 0 Å². The highest BCUT2D eigenvalue weighted by Gasteiger charge is 2.24. The molecule has 148 valence electrons. The van der Waals surface area contributed by atoms with Gasteiger partial charge in [0.25, 0.3) is 11.5 Å². The Balaban J connectivity index is 2.00. The quantitative estimate of drug-likeness (QED) is 0.525. The minimum atomic E-state index is -0.452. The van der Waals surface area contributed by atoms with E-state index in [1.54, 1.807) is 12.1 Å². The number of hydrogen-bond acceptors (Lipinski definition) is 3. The molecule has 0 aliphatic heterocycles. The average molecular weight is 395 g/mol. The summed E-state index contributed by atoms with van der Waals surface area (Å²) in [6, 6.07) is 28.2. The van der Waals surface area contributed by atoms with Gasteiger partial charge in [-0.1, -0.05) is 78.9 Å². The summed E-state index contributed by atoms with van der Waals surface area (Å²) < 4.78 is 1.34. The van der Waals surface area contributed by atoms with E-state index in [2.05, 4.69) is 10.4 Å². The molecule has 0 atom stereocenters. The lowest BCUT2D eigenvalue weighted by atomic mass is 9.95. The van der Waals surface area contributed by atoms with Crippen LogP contribution in [0.25, 0.3) is 22.4 Å². The second kappa shape index (κ2) is 8.57. The van der Waals surface area contributed by atoms with Crippen molar-refractivity contribution in [3.63, 3.8) is 0 Å². The maximum atomic E-state index is 13.3. The Morgan fingerprint density at radius 2 is 1.37 bits per heavy atom. The van der Waals surface area contributed by atoms with Gasteiger partial charge in [0, 0.05) is 23.4 Å². The summed E-state index contributed by atoms with van der Waals surface area (Å²) in [5.74, 6) is -0.452. The number of carbonyl (C=O) groups excluding carboxylic acids is 1. The predicted octanol–water partition coefficient (Wildman–Crippen LogP) is 4.85. The zero-order valence-electron chi connectivity index (χ0n) is 16.6. The van der Waals surface area contributed by atoms with E-state index in [9.17, 15) is 9.59 Å². The van der Waals surface area contributed by atoms with Gasteiger partial charge in [0.1, 0.15) is 5.56 Å². The predicted molar refractivity (Wildman–Crippen MR) is 119 cm³/mol. The van der Waals surface area contributed by atoms with Gasteiger partial charge in [-0.25, -0.2) is 4.68 Å². The molecule has 0 radical (unpaired) electrons. The maximum absolute atomic E-state index is 13.3. The highest BCUT2D eigenvalue weighted by Crippen LogP contribution is 2.32. The Kier molecular flexibility index (Phi) is 5.52. The first-order valence-electron chi connectivity index (χ1n) is 9.81. The zero-order chi connectivity index (χ0) is 20.9. The van der Waals surface area contributed by atoms with Crippen molar-refractivity contribution < 1.29 is 4.79 Å². The van der Waals surface area contributed by atoms with E-state index in [4.69, 9.17) is 0 Å². The van der Waals surface area contributed by atoms with Crippen LogP contribution in [0.1, 0.15) is 17.3 Å². The SMILES string of the molecule is CCn1nc(-c2ccccc2)c(-c2ccccc2)c(C(=O)Nc2ccccc2)c1=O. The van der Waals surface area contributed by atoms with E-state index in [1.807, 2.05) is 85.8 Å². The second-order valence-electron chi connectivity index (χ2n) is 6.77. The topological polar surface area (TPSA) is 64.0 Å². The summed E-state index contributed by atoms with van der Waals surface area (Å²) >= 11 is 0. The summed E-state index contributed by atoms with van der Waals surface area (Å²) in [4.78, 5) is 26.6. The number of aryl methyl sites for hydroxylation is 1. The first-order chi connectivity index (χ1) is 14.7. The van der Waals surface area contributed by atoms with Crippen LogP contribution in [0.15, 0.2) is 95.8 Å². The van der Waals surface area contributed by atoms with Crippen molar-refractivity contribution in [1.82, 2.24) is 9.78 Å². The van der Waals surface area contributed by atoms with Gasteiger partial charge < -0.3 is 5.32 Å². The summed E-state index contributed by atoms with van der Waals surface area (Å²) in [6.45, 7) is 2.20. The monoisotopic (exact) mass is 395 g/mol. The van der Waals surface area contributed by atoms with Crippen molar-refractivity contribution in [2.24, 2.45) is 0 Å². The third-order valence-corrected chi connectivity index (χ3v) is 4.82. The summed E-state index contributed by atoms with van der Waals surface area (Å²) in [7, 11) is 0. The summed E-state index contributed by atoms with van der Waals surface area (Å²) in [5.41, 5.74) is 3.04. The van der Waals surface area contributed by atoms with Crippen molar-refractivity contribution in [2.75, 3.05) is 5.32 Å². The molecule has 0 saturated heterocycles. The van der Waals surface area contributed by atoms with Gasteiger partial charge >= 0.3 is 0 Å². The molecule has 5 heteroatoms. The van der Waals surface area contributed by atoms with Gasteiger partial charge in [-0.05, 0) is 24.6 Å². The first-order valence-corrected chi connectivity index (χ1v) is 9.81. The van der Waals surface area contributed by atoms with Crippen LogP contribution in [-0.4, -0.2) is 15.7 Å². The normalized spacial score (nSPS) is 10.6. The largest absolute Gasteiger partial charge is 0.322 e. The minimum Gasteiger partial charge on any atom is -0.322 e. The fraction of sp³-hybridized carbons (Fsp3) is 0.0800. The number of aromatic nitrogens is 2. The van der Waals surface area contributed by atoms with E-state index < -0.39 is 11.5 Å². The molecule has 0 bridgehead atoms. The first kappa shape index (κ1) is 19.3. The molecule has 0 spiro atoms. The second-order valence-corrected chi connectivity index (χ2v) is 6.77. The number of para-hydroxylation sites is 1. The third kappa shape index (κ3) is 3.78. The number of carbonyl (C=O) groups is 1. The maximum Gasteiger partial charge on any atom is 0.280 e. The Labute approximate surface area is 174 Å². The van der Waals surface area contributed by atoms with Crippen LogP contribution >= 0.6 is 0 Å². The highest BCUT2D eigenvalue weighted by molar-refractivity contribution is 6.10. The Morgan fingerprint density at radius 3 is 1.93 bits per heavy atom. The number of rotatable bonds is 5. The fourth-order valence-corrected chi connectivity index (χ4v) is 3.39. The molecule has 0 aliphatic rings. The number of amides is 1. The van der Waals surface area contributed by atoms with Crippen molar-refractivity contribution in [3.8, 4) is 22.4 Å². The lowest BCUT2D eigenvalue weighted by Gasteiger charge is -2.17. The van der Waals surface area contributed by atoms with Crippen molar-refractivity contribution in [1.29, 1.82) is 0 Å². The molecule has 5 nitrogen and oxygen atoms in total. The molecule has 1 amide bonds. The Bertz CT molecular complexity index is 1220. The molecule has 30 heavy (non-hydrogen) atoms. The summed E-state index contributed by atoms with van der Waals surface area (Å²) in [5, 5.41) is 7.47. The smallest absolute Gasteiger partial charge is 0.280 e. The van der Waals surface area contributed by atoms with Crippen LogP contribution in [-0.2, 0) is 6.54 Å². The van der Waals surface area contributed by atoms with Gasteiger partial charge in [0.15, 0.2) is 0 Å². The molecule has 4 aromatic rings. The molecule has 1 aromatic heterocycles. The van der Waals surface area contributed by atoms with Gasteiger partial charge in [-0.15, -0.1) is 0 Å². The molecule has 1 heterocycles. The van der Waals surface area contributed by atoms with E-state index >= 15 is 0 Å². The number of nitrogens with one attached hydrogen (secondary N) is 1. The molecule has 3 aromatic carbocycles. The molecular weight excluding hydrogens is 374 g/mol. The lowest BCUT2D eigenvalue weighted by Crippen LogP contribution is -2.32. The van der Waals surface area contributed by atoms with E-state index in [1.165, 1.54) is 4.68 Å². The molecule has 0 unspecified atom stereocenters. The average Bonchev–Trinajstić information content (AvgIpc) is 2.80. The van der Waals surface area contributed by atoms with Crippen molar-refractivity contribution in [3.05, 3.63) is 107 Å². The van der Waals surface area contributed by atoms with Crippen molar-refractivity contribution in [2.45, 2.75) is 13.5 Å². The van der Waals surface area contributed by atoms with E-state index in [0.717, 1.165) is 11.1 Å².